The summed E-state index contributed by atoms with van der Waals surface area (Å²) in [5.74, 6) is -0.682. The molecule has 0 heterocycles. The zero-order valence-corrected chi connectivity index (χ0v) is 25.4. The molecule has 0 rings (SSSR count). The van der Waals surface area contributed by atoms with Crippen LogP contribution in [0.4, 0.5) is 0 Å². The third-order valence-corrected chi connectivity index (χ3v) is 9.26. The molecular weight excluding hydrogens is 495 g/mol. The molecule has 6 nitrogen and oxygen atoms in total. The summed E-state index contributed by atoms with van der Waals surface area (Å²) in [7, 11) is -2.91. The van der Waals surface area contributed by atoms with Crippen molar-refractivity contribution in [3.05, 3.63) is 0 Å². The first-order chi connectivity index (χ1) is 17.3. The van der Waals surface area contributed by atoms with Crippen molar-refractivity contribution in [2.45, 2.75) is 160 Å². The molecule has 0 saturated heterocycles. The predicted molar refractivity (Wildman–Crippen MR) is 153 cm³/mol. The van der Waals surface area contributed by atoms with Gasteiger partial charge in [0.2, 0.25) is 0 Å². The van der Waals surface area contributed by atoms with E-state index in [2.05, 4.69) is 13.8 Å². The Hall–Kier alpha value is -0.200. The summed E-state index contributed by atoms with van der Waals surface area (Å²) >= 11 is 1.79. The van der Waals surface area contributed by atoms with E-state index < -0.39 is 25.6 Å². The molecular formula is C28H56O6PS+. The summed E-state index contributed by atoms with van der Waals surface area (Å²) in [6.45, 7) is 8.17. The number of carboxylic acid groups (broad SMARTS) is 1. The predicted octanol–water partition coefficient (Wildman–Crippen LogP) is 9.06. The first-order valence-corrected chi connectivity index (χ1v) is 16.9. The molecule has 2 N–H and O–H groups in total. The average Bonchev–Trinajstić information content (AvgIpc) is 2.86. The van der Waals surface area contributed by atoms with Crippen molar-refractivity contribution in [3.63, 3.8) is 0 Å². The summed E-state index contributed by atoms with van der Waals surface area (Å²) in [6, 6.07) is 0. The van der Waals surface area contributed by atoms with Crippen LogP contribution in [-0.4, -0.2) is 45.4 Å². The molecule has 0 aromatic carbocycles. The fourth-order valence-electron chi connectivity index (χ4n) is 4.17. The highest BCUT2D eigenvalue weighted by Gasteiger charge is 2.61. The number of hydrogen-bond acceptors (Lipinski definition) is 6. The van der Waals surface area contributed by atoms with Crippen molar-refractivity contribution in [2.75, 3.05) is 12.4 Å². The van der Waals surface area contributed by atoms with Gasteiger partial charge in [0.1, 0.15) is 6.61 Å². The third-order valence-electron chi connectivity index (χ3n) is 6.48. The molecule has 0 aromatic rings. The van der Waals surface area contributed by atoms with Gasteiger partial charge in [-0.2, -0.15) is 11.8 Å². The average molecular weight is 552 g/mol. The van der Waals surface area contributed by atoms with Gasteiger partial charge in [0.05, 0.1) is 6.10 Å². The van der Waals surface area contributed by atoms with E-state index in [9.17, 15) is 19.6 Å². The Kier molecular flexibility index (Phi) is 23.8. The van der Waals surface area contributed by atoms with E-state index in [4.69, 9.17) is 9.26 Å². The normalized spacial score (nSPS) is 15.4. The third kappa shape index (κ3) is 17.3. The van der Waals surface area contributed by atoms with Gasteiger partial charge in [0.15, 0.2) is 0 Å². The van der Waals surface area contributed by atoms with Crippen molar-refractivity contribution in [3.8, 4) is 0 Å². The number of carboxylic acids is 1. The molecule has 0 saturated carbocycles. The van der Waals surface area contributed by atoms with Crippen LogP contribution < -0.4 is 0 Å². The highest BCUT2D eigenvalue weighted by molar-refractivity contribution is 7.99. The zero-order chi connectivity index (χ0) is 27.1. The molecule has 4 unspecified atom stereocenters. The molecule has 0 aliphatic heterocycles. The number of aliphatic carboxylic acids is 1. The number of unbranched alkanes of at least 4 members (excludes halogenated alkanes) is 14. The van der Waals surface area contributed by atoms with Gasteiger partial charge in [0.25, 0.3) is 0 Å². The molecule has 0 aliphatic carbocycles. The topological polar surface area (TPSA) is 93.1 Å². The van der Waals surface area contributed by atoms with Crippen molar-refractivity contribution >= 4 is 25.8 Å². The Labute approximate surface area is 226 Å². The summed E-state index contributed by atoms with van der Waals surface area (Å²) in [6.07, 6.45) is 20.9. The van der Waals surface area contributed by atoms with Crippen molar-refractivity contribution in [1.29, 1.82) is 0 Å². The Morgan fingerprint density at radius 2 is 1.28 bits per heavy atom. The second-order valence-electron chi connectivity index (χ2n) is 9.97. The summed E-state index contributed by atoms with van der Waals surface area (Å²) < 4.78 is 23.1. The number of hydrogen-bond donors (Lipinski definition) is 2. The Bertz CT molecular complexity index is 550. The minimum absolute atomic E-state index is 0.0372. The van der Waals surface area contributed by atoms with Crippen LogP contribution in [-0.2, 0) is 18.6 Å². The lowest BCUT2D eigenvalue weighted by Crippen LogP contribution is -2.43. The van der Waals surface area contributed by atoms with E-state index in [-0.39, 0.29) is 11.9 Å². The van der Waals surface area contributed by atoms with Crippen molar-refractivity contribution < 1.29 is 28.8 Å². The molecule has 8 heteroatoms. The summed E-state index contributed by atoms with van der Waals surface area (Å²) in [4.78, 5) is 11.8. The van der Waals surface area contributed by atoms with Crippen molar-refractivity contribution in [2.24, 2.45) is 0 Å². The largest absolute Gasteiger partial charge is 0.589 e. The van der Waals surface area contributed by atoms with Gasteiger partial charge >= 0.3 is 19.5 Å². The minimum Gasteiger partial charge on any atom is -0.474 e. The molecule has 4 atom stereocenters. The Morgan fingerprint density at radius 1 is 0.806 bits per heavy atom. The maximum atomic E-state index is 12.4. The van der Waals surface area contributed by atoms with Gasteiger partial charge in [-0.1, -0.05) is 117 Å². The lowest BCUT2D eigenvalue weighted by molar-refractivity contribution is -0.203. The minimum atomic E-state index is -2.91. The van der Waals surface area contributed by atoms with Crippen LogP contribution in [0, 0.1) is 0 Å². The number of rotatable bonds is 27. The lowest BCUT2D eigenvalue weighted by Gasteiger charge is -2.26. The number of ether oxygens (including phenoxy) is 1. The smallest absolute Gasteiger partial charge is 0.474 e. The number of carbonyl (C=O) groups is 1. The quantitative estimate of drug-likeness (QED) is 0.0597. The maximum absolute atomic E-state index is 12.4. The van der Waals surface area contributed by atoms with Gasteiger partial charge in [-0.05, 0) is 36.5 Å². The number of thioether (sulfide) groups is 1. The Morgan fingerprint density at radius 3 is 1.75 bits per heavy atom. The van der Waals surface area contributed by atoms with E-state index >= 15 is 0 Å². The molecule has 0 aliphatic rings. The number of aliphatic hydroxyl groups is 1. The zero-order valence-electron chi connectivity index (χ0n) is 23.7. The highest BCUT2D eigenvalue weighted by Crippen LogP contribution is 2.42. The van der Waals surface area contributed by atoms with Gasteiger partial charge in [-0.15, -0.1) is 4.52 Å². The second-order valence-corrected chi connectivity index (χ2v) is 12.7. The van der Waals surface area contributed by atoms with E-state index in [0.29, 0.717) is 6.42 Å². The monoisotopic (exact) mass is 551 g/mol. The van der Waals surface area contributed by atoms with E-state index in [1.807, 2.05) is 6.92 Å². The molecule has 0 radical (unpaired) electrons. The van der Waals surface area contributed by atoms with Crippen LogP contribution in [0.15, 0.2) is 0 Å². The van der Waals surface area contributed by atoms with E-state index in [1.54, 1.807) is 18.7 Å². The van der Waals surface area contributed by atoms with Crippen LogP contribution >= 0.6 is 19.8 Å². The summed E-state index contributed by atoms with van der Waals surface area (Å²) in [5, 5.41) is 20.2. The molecule has 0 fully saturated rings. The van der Waals surface area contributed by atoms with Crippen LogP contribution in [0.25, 0.3) is 0 Å². The molecule has 214 valence electrons. The molecule has 0 amide bonds. The fourth-order valence-corrected chi connectivity index (χ4v) is 6.44. The standard InChI is InChI=1S/C28H55O6PS/c1-5-8-10-12-14-15-16-17-19-21-24-36-26(22-20-18-13-11-9-6-2)25(4)34-28(31,27(29)30)35(32)33-23-7-3/h25-26,31H,5-24H2,1-4H3/p+1. The molecule has 0 bridgehead atoms. The van der Waals surface area contributed by atoms with Crippen LogP contribution in [0.5, 0.6) is 0 Å². The van der Waals surface area contributed by atoms with Crippen LogP contribution in [0.1, 0.15) is 143 Å². The maximum Gasteiger partial charge on any atom is 0.589 e. The van der Waals surface area contributed by atoms with Gasteiger partial charge in [-0.3, -0.25) is 4.74 Å². The van der Waals surface area contributed by atoms with Gasteiger partial charge in [-0.25, -0.2) is 4.79 Å². The highest BCUT2D eigenvalue weighted by atomic mass is 32.2. The first kappa shape index (κ1) is 35.8. The first-order valence-electron chi connectivity index (χ1n) is 14.7. The lowest BCUT2D eigenvalue weighted by atomic mass is 10.1. The van der Waals surface area contributed by atoms with E-state index in [0.717, 1.165) is 31.4 Å². The van der Waals surface area contributed by atoms with Gasteiger partial charge < -0.3 is 10.2 Å². The SMILES string of the molecule is CCCCCCCCCCCCSC(CCCCCCCC)C(C)OC(O)(C(=O)O)[P+](=O)OCCC. The Balaban J connectivity index is 4.66. The van der Waals surface area contributed by atoms with Crippen LogP contribution in [0.2, 0.25) is 0 Å². The summed E-state index contributed by atoms with van der Waals surface area (Å²) in [5.41, 5.74) is -2.82. The molecule has 0 spiro atoms. The molecule has 36 heavy (non-hydrogen) atoms. The van der Waals surface area contributed by atoms with Crippen molar-refractivity contribution in [1.82, 2.24) is 0 Å². The van der Waals surface area contributed by atoms with Gasteiger partial charge in [0, 0.05) is 5.25 Å². The van der Waals surface area contributed by atoms with Crippen LogP contribution in [0.3, 0.4) is 0 Å². The molecule has 0 aromatic heterocycles. The van der Waals surface area contributed by atoms with E-state index in [1.165, 1.54) is 83.5 Å². The fraction of sp³-hybridized carbons (Fsp3) is 0.964. The second kappa shape index (κ2) is 23.9.